The van der Waals surface area contributed by atoms with Crippen LogP contribution in [0.3, 0.4) is 0 Å². The molecule has 2 amide bonds. The van der Waals surface area contributed by atoms with Gasteiger partial charge < -0.3 is 16.4 Å². The van der Waals surface area contributed by atoms with Gasteiger partial charge in [0.2, 0.25) is 11.8 Å². The molecule has 2 aliphatic heterocycles. The van der Waals surface area contributed by atoms with Crippen LogP contribution < -0.4 is 16.4 Å². The highest BCUT2D eigenvalue weighted by molar-refractivity contribution is 5.92. The monoisotopic (exact) mass is 344 g/mol. The lowest BCUT2D eigenvalue weighted by atomic mass is 9.88. The van der Waals surface area contributed by atoms with Gasteiger partial charge in [-0.3, -0.25) is 14.5 Å². The van der Waals surface area contributed by atoms with Crippen LogP contribution >= 0.6 is 0 Å². The zero-order chi connectivity index (χ0) is 17.8. The minimum absolute atomic E-state index is 0.0278. The summed E-state index contributed by atoms with van der Waals surface area (Å²) >= 11 is 0. The highest BCUT2D eigenvalue weighted by Crippen LogP contribution is 2.21. The van der Waals surface area contributed by atoms with Crippen LogP contribution in [0.5, 0.6) is 0 Å². The topological polar surface area (TPSA) is 87.5 Å². The maximum Gasteiger partial charge on any atom is 0.227 e. The van der Waals surface area contributed by atoms with Crippen molar-refractivity contribution in [2.24, 2.45) is 23.5 Å². The Morgan fingerprint density at radius 3 is 2.64 bits per heavy atom. The van der Waals surface area contributed by atoms with Gasteiger partial charge in [-0.2, -0.15) is 0 Å². The lowest BCUT2D eigenvalue weighted by Gasteiger charge is -2.32. The van der Waals surface area contributed by atoms with Gasteiger partial charge in [-0.25, -0.2) is 0 Å². The second-order valence-corrected chi connectivity index (χ2v) is 7.37. The molecule has 6 heteroatoms. The molecule has 0 saturated carbocycles. The van der Waals surface area contributed by atoms with Gasteiger partial charge in [-0.05, 0) is 56.1 Å². The molecule has 1 aromatic carbocycles. The standard InChI is InChI=1S/C19H28N4O2/c1-13(16-9-21-10-16)19(25)22-17-6-4-14(5-7-17)11-23-8-2-3-15(12-23)18(20)24/h4-7,13,15-16,21H,2-3,8-12H2,1H3,(H2,20,24)(H,22,25). The Kier molecular flexibility index (Phi) is 5.71. The summed E-state index contributed by atoms with van der Waals surface area (Å²) in [5.41, 5.74) is 7.45. The van der Waals surface area contributed by atoms with E-state index < -0.39 is 0 Å². The predicted molar refractivity (Wildman–Crippen MR) is 97.8 cm³/mol. The Hall–Kier alpha value is -1.92. The summed E-state index contributed by atoms with van der Waals surface area (Å²) in [7, 11) is 0. The molecule has 1 aromatic rings. The van der Waals surface area contributed by atoms with Crippen LogP contribution in [0.1, 0.15) is 25.3 Å². The van der Waals surface area contributed by atoms with E-state index in [-0.39, 0.29) is 23.7 Å². The third kappa shape index (κ3) is 4.58. The number of nitrogens with one attached hydrogen (secondary N) is 2. The third-order valence-electron chi connectivity index (χ3n) is 5.47. The molecular formula is C19H28N4O2. The number of carbonyl (C=O) groups excluding carboxylic acids is 2. The van der Waals surface area contributed by atoms with Crippen molar-refractivity contribution in [2.75, 3.05) is 31.5 Å². The van der Waals surface area contributed by atoms with Crippen LogP contribution in [0.4, 0.5) is 5.69 Å². The fourth-order valence-corrected chi connectivity index (χ4v) is 3.52. The van der Waals surface area contributed by atoms with Crippen molar-refractivity contribution < 1.29 is 9.59 Å². The van der Waals surface area contributed by atoms with E-state index in [0.717, 1.165) is 51.3 Å². The fraction of sp³-hybridized carbons (Fsp3) is 0.579. The van der Waals surface area contributed by atoms with E-state index in [4.69, 9.17) is 5.73 Å². The van der Waals surface area contributed by atoms with Gasteiger partial charge in [0.1, 0.15) is 0 Å². The van der Waals surface area contributed by atoms with E-state index in [0.29, 0.717) is 5.92 Å². The number of benzene rings is 1. The SMILES string of the molecule is CC(C(=O)Nc1ccc(CN2CCCC(C(N)=O)C2)cc1)C1CNC1. The molecule has 136 valence electrons. The maximum atomic E-state index is 12.3. The molecule has 0 aromatic heterocycles. The molecule has 2 unspecified atom stereocenters. The number of likely N-dealkylation sites (tertiary alicyclic amines) is 1. The third-order valence-corrected chi connectivity index (χ3v) is 5.47. The van der Waals surface area contributed by atoms with E-state index >= 15 is 0 Å². The summed E-state index contributed by atoms with van der Waals surface area (Å²) in [6.45, 7) is 6.38. The van der Waals surface area contributed by atoms with Crippen molar-refractivity contribution in [2.45, 2.75) is 26.3 Å². The number of hydrogen-bond donors (Lipinski definition) is 3. The van der Waals surface area contributed by atoms with Crippen LogP contribution in [0.25, 0.3) is 0 Å². The normalized spacial score (nSPS) is 22.8. The summed E-state index contributed by atoms with van der Waals surface area (Å²) < 4.78 is 0. The van der Waals surface area contributed by atoms with Crippen molar-refractivity contribution in [3.05, 3.63) is 29.8 Å². The van der Waals surface area contributed by atoms with Crippen molar-refractivity contribution in [1.82, 2.24) is 10.2 Å². The fourth-order valence-electron chi connectivity index (χ4n) is 3.52. The largest absolute Gasteiger partial charge is 0.369 e. The molecule has 2 saturated heterocycles. The summed E-state index contributed by atoms with van der Waals surface area (Å²) in [6.07, 6.45) is 1.90. The molecule has 2 fully saturated rings. The number of carbonyl (C=O) groups is 2. The maximum absolute atomic E-state index is 12.3. The Labute approximate surface area is 149 Å². The van der Waals surface area contributed by atoms with E-state index in [9.17, 15) is 9.59 Å². The molecule has 0 spiro atoms. The van der Waals surface area contributed by atoms with E-state index in [2.05, 4.69) is 15.5 Å². The number of hydrogen-bond acceptors (Lipinski definition) is 4. The van der Waals surface area contributed by atoms with Crippen LogP contribution in [0, 0.1) is 17.8 Å². The first-order valence-electron chi connectivity index (χ1n) is 9.15. The molecule has 2 atom stereocenters. The van der Waals surface area contributed by atoms with Crippen LogP contribution in [-0.4, -0.2) is 42.9 Å². The van der Waals surface area contributed by atoms with Gasteiger partial charge in [0, 0.05) is 24.7 Å². The molecule has 25 heavy (non-hydrogen) atoms. The van der Waals surface area contributed by atoms with Gasteiger partial charge >= 0.3 is 0 Å². The Morgan fingerprint density at radius 1 is 1.32 bits per heavy atom. The number of piperidine rings is 1. The highest BCUT2D eigenvalue weighted by Gasteiger charge is 2.28. The van der Waals surface area contributed by atoms with Gasteiger partial charge in [0.15, 0.2) is 0 Å². The summed E-state index contributed by atoms with van der Waals surface area (Å²) in [4.78, 5) is 25.9. The molecule has 0 radical (unpaired) electrons. The molecule has 6 nitrogen and oxygen atoms in total. The van der Waals surface area contributed by atoms with Crippen LogP contribution in [0.15, 0.2) is 24.3 Å². The first-order chi connectivity index (χ1) is 12.0. The number of rotatable bonds is 6. The zero-order valence-electron chi connectivity index (χ0n) is 14.8. The van der Waals surface area contributed by atoms with Crippen molar-refractivity contribution in [1.29, 1.82) is 0 Å². The van der Waals surface area contributed by atoms with Crippen LogP contribution in [0.2, 0.25) is 0 Å². The summed E-state index contributed by atoms with van der Waals surface area (Å²) in [5, 5.41) is 6.21. The number of primary amides is 1. The van der Waals surface area contributed by atoms with E-state index in [1.807, 2.05) is 31.2 Å². The first-order valence-corrected chi connectivity index (χ1v) is 9.15. The number of nitrogens with zero attached hydrogens (tertiary/aromatic N) is 1. The number of anilines is 1. The second kappa shape index (κ2) is 7.97. The number of amides is 2. The number of nitrogens with two attached hydrogens (primary N) is 1. The van der Waals surface area contributed by atoms with Crippen molar-refractivity contribution in [3.8, 4) is 0 Å². The minimum atomic E-state index is -0.196. The van der Waals surface area contributed by atoms with Crippen LogP contribution in [-0.2, 0) is 16.1 Å². The van der Waals surface area contributed by atoms with Gasteiger partial charge in [-0.1, -0.05) is 19.1 Å². The van der Waals surface area contributed by atoms with Gasteiger partial charge in [0.25, 0.3) is 0 Å². The predicted octanol–water partition coefficient (Wildman–Crippen LogP) is 1.18. The smallest absolute Gasteiger partial charge is 0.227 e. The molecule has 2 heterocycles. The van der Waals surface area contributed by atoms with E-state index in [1.54, 1.807) is 0 Å². The molecule has 0 bridgehead atoms. The lowest BCUT2D eigenvalue weighted by molar-refractivity contribution is -0.123. The molecule has 3 rings (SSSR count). The highest BCUT2D eigenvalue weighted by atomic mass is 16.2. The van der Waals surface area contributed by atoms with Crippen molar-refractivity contribution in [3.63, 3.8) is 0 Å². The van der Waals surface area contributed by atoms with E-state index in [1.165, 1.54) is 5.56 Å². The zero-order valence-corrected chi connectivity index (χ0v) is 14.8. The minimum Gasteiger partial charge on any atom is -0.369 e. The lowest BCUT2D eigenvalue weighted by Crippen LogP contribution is -2.48. The average Bonchev–Trinajstić information content (AvgIpc) is 2.55. The summed E-state index contributed by atoms with van der Waals surface area (Å²) in [6, 6.07) is 7.99. The first kappa shape index (κ1) is 17.9. The van der Waals surface area contributed by atoms with Gasteiger partial charge in [-0.15, -0.1) is 0 Å². The molecule has 4 N–H and O–H groups in total. The molecular weight excluding hydrogens is 316 g/mol. The Morgan fingerprint density at radius 2 is 2.04 bits per heavy atom. The summed E-state index contributed by atoms with van der Waals surface area (Å²) in [5.74, 6) is 0.324. The molecule has 0 aliphatic carbocycles. The second-order valence-electron chi connectivity index (χ2n) is 7.37. The average molecular weight is 344 g/mol. The Balaban J connectivity index is 1.51. The van der Waals surface area contributed by atoms with Crippen molar-refractivity contribution >= 4 is 17.5 Å². The quantitative estimate of drug-likeness (QED) is 0.723. The molecule has 2 aliphatic rings. The Bertz CT molecular complexity index is 612. The van der Waals surface area contributed by atoms with Gasteiger partial charge in [0.05, 0.1) is 5.92 Å².